The molecular weight excluding hydrogens is 134 g/mol. The molecule has 4 heteroatoms. The molecule has 0 atom stereocenters. The molecule has 0 aliphatic heterocycles. The zero-order valence-electron chi connectivity index (χ0n) is 6.14. The smallest absolute Gasteiger partial charge is 0.314 e. The minimum absolute atomic E-state index is 0.137. The predicted octanol–water partition coefficient (Wildman–Crippen LogP) is -0.314. The Hall–Kier alpha value is -0.900. The number of nitrogens with one attached hydrogen (secondary N) is 1. The van der Waals surface area contributed by atoms with Crippen molar-refractivity contribution in [3.8, 4) is 0 Å². The van der Waals surface area contributed by atoms with E-state index in [1.54, 1.807) is 7.05 Å². The molecule has 0 bridgehead atoms. The number of ketones is 1. The number of Topliss-reactive ketones (excluding diaryl/α,β-unsaturated/α-hetero) is 1. The van der Waals surface area contributed by atoms with Gasteiger partial charge < -0.3 is 4.74 Å². The highest BCUT2D eigenvalue weighted by molar-refractivity contribution is 5.94. The van der Waals surface area contributed by atoms with E-state index in [4.69, 9.17) is 0 Å². The quantitative estimate of drug-likeness (QED) is 0.335. The number of hydrogen-bond donors (Lipinski definition) is 1. The number of carbonyl (C=O) groups is 2. The molecule has 0 unspecified atom stereocenters. The second kappa shape index (κ2) is 4.93. The Bertz CT molecular complexity index is 133. The third-order valence-corrected chi connectivity index (χ3v) is 0.771. The van der Waals surface area contributed by atoms with Crippen molar-refractivity contribution in [3.05, 3.63) is 0 Å². The van der Waals surface area contributed by atoms with Crippen molar-refractivity contribution >= 4 is 11.8 Å². The Morgan fingerprint density at radius 2 is 2.10 bits per heavy atom. The van der Waals surface area contributed by atoms with Crippen LogP contribution in [-0.4, -0.2) is 25.5 Å². The van der Waals surface area contributed by atoms with E-state index in [2.05, 4.69) is 10.1 Å². The monoisotopic (exact) mass is 145 g/mol. The van der Waals surface area contributed by atoms with Gasteiger partial charge in [0.15, 0.2) is 0 Å². The maximum Gasteiger partial charge on any atom is 0.314 e. The molecule has 58 valence electrons. The Morgan fingerprint density at radius 1 is 1.50 bits per heavy atom. The summed E-state index contributed by atoms with van der Waals surface area (Å²) in [4.78, 5) is 20.8. The highest BCUT2D eigenvalue weighted by Crippen LogP contribution is 1.85. The van der Waals surface area contributed by atoms with E-state index < -0.39 is 5.97 Å². The SMILES string of the molecule is CNCOC(=O)CC(C)=O. The van der Waals surface area contributed by atoms with Crippen LogP contribution in [-0.2, 0) is 14.3 Å². The van der Waals surface area contributed by atoms with Gasteiger partial charge in [-0.15, -0.1) is 0 Å². The number of rotatable bonds is 4. The van der Waals surface area contributed by atoms with Gasteiger partial charge in [0.05, 0.1) is 0 Å². The topological polar surface area (TPSA) is 55.4 Å². The molecule has 0 rings (SSSR count). The van der Waals surface area contributed by atoms with E-state index in [1.807, 2.05) is 0 Å². The first kappa shape index (κ1) is 9.10. The van der Waals surface area contributed by atoms with E-state index in [0.717, 1.165) is 0 Å². The first-order valence-electron chi connectivity index (χ1n) is 2.96. The molecule has 0 aliphatic rings. The average molecular weight is 145 g/mol. The van der Waals surface area contributed by atoms with Crippen molar-refractivity contribution in [3.63, 3.8) is 0 Å². The highest BCUT2D eigenvalue weighted by atomic mass is 16.5. The van der Waals surface area contributed by atoms with Gasteiger partial charge in [0.1, 0.15) is 18.9 Å². The van der Waals surface area contributed by atoms with Gasteiger partial charge in [0.2, 0.25) is 0 Å². The second-order valence-corrected chi connectivity index (χ2v) is 1.89. The van der Waals surface area contributed by atoms with Gasteiger partial charge in [-0.2, -0.15) is 0 Å². The molecule has 0 aliphatic carbocycles. The predicted molar refractivity (Wildman–Crippen MR) is 35.3 cm³/mol. The Morgan fingerprint density at radius 3 is 2.50 bits per heavy atom. The molecule has 10 heavy (non-hydrogen) atoms. The van der Waals surface area contributed by atoms with Gasteiger partial charge in [0, 0.05) is 0 Å². The van der Waals surface area contributed by atoms with Crippen LogP contribution in [0.2, 0.25) is 0 Å². The second-order valence-electron chi connectivity index (χ2n) is 1.89. The Balaban J connectivity index is 3.35. The molecular formula is C6H11NO3. The van der Waals surface area contributed by atoms with Crippen LogP contribution in [0.1, 0.15) is 13.3 Å². The number of ether oxygens (including phenoxy) is 1. The largest absolute Gasteiger partial charge is 0.449 e. The van der Waals surface area contributed by atoms with Crippen LogP contribution >= 0.6 is 0 Å². The van der Waals surface area contributed by atoms with E-state index in [-0.39, 0.29) is 18.9 Å². The third-order valence-electron chi connectivity index (χ3n) is 0.771. The van der Waals surface area contributed by atoms with E-state index in [1.165, 1.54) is 6.92 Å². The molecule has 0 radical (unpaired) electrons. The minimum Gasteiger partial charge on any atom is -0.449 e. The van der Waals surface area contributed by atoms with Gasteiger partial charge in [-0.1, -0.05) is 0 Å². The molecule has 0 amide bonds. The summed E-state index contributed by atoms with van der Waals surface area (Å²) in [5, 5.41) is 2.62. The minimum atomic E-state index is -0.484. The van der Waals surface area contributed by atoms with Crippen LogP contribution in [0.25, 0.3) is 0 Å². The Labute approximate surface area is 59.6 Å². The average Bonchev–Trinajstić information content (AvgIpc) is 1.82. The number of carbonyl (C=O) groups excluding carboxylic acids is 2. The maximum absolute atomic E-state index is 10.5. The molecule has 4 nitrogen and oxygen atoms in total. The first-order chi connectivity index (χ1) is 4.66. The van der Waals surface area contributed by atoms with Crippen LogP contribution in [0.5, 0.6) is 0 Å². The van der Waals surface area contributed by atoms with Crippen molar-refractivity contribution in [1.29, 1.82) is 0 Å². The van der Waals surface area contributed by atoms with E-state index in [9.17, 15) is 9.59 Å². The lowest BCUT2D eigenvalue weighted by Gasteiger charge is -1.99. The van der Waals surface area contributed by atoms with Crippen LogP contribution < -0.4 is 5.32 Å². The number of esters is 1. The summed E-state index contributed by atoms with van der Waals surface area (Å²) in [7, 11) is 1.65. The molecule has 0 heterocycles. The lowest BCUT2D eigenvalue weighted by Crippen LogP contribution is -2.17. The number of hydrogen-bond acceptors (Lipinski definition) is 4. The molecule has 0 aromatic heterocycles. The summed E-state index contributed by atoms with van der Waals surface area (Å²) in [6, 6.07) is 0. The molecule has 1 N–H and O–H groups in total. The van der Waals surface area contributed by atoms with Crippen molar-refractivity contribution in [2.45, 2.75) is 13.3 Å². The van der Waals surface area contributed by atoms with E-state index >= 15 is 0 Å². The van der Waals surface area contributed by atoms with Crippen molar-refractivity contribution in [2.75, 3.05) is 13.8 Å². The van der Waals surface area contributed by atoms with E-state index in [0.29, 0.717) is 0 Å². The van der Waals surface area contributed by atoms with Crippen molar-refractivity contribution in [1.82, 2.24) is 5.32 Å². The fraction of sp³-hybridized carbons (Fsp3) is 0.667. The summed E-state index contributed by atoms with van der Waals surface area (Å²) in [5.74, 6) is -0.664. The van der Waals surface area contributed by atoms with Crippen LogP contribution in [0.4, 0.5) is 0 Å². The summed E-state index contributed by atoms with van der Waals surface area (Å²) in [6.45, 7) is 1.51. The normalized spacial score (nSPS) is 9.00. The molecule has 0 saturated carbocycles. The molecule has 0 aromatic carbocycles. The summed E-state index contributed by atoms with van der Waals surface area (Å²) >= 11 is 0. The fourth-order valence-corrected chi connectivity index (χ4v) is 0.407. The maximum atomic E-state index is 10.5. The Kier molecular flexibility index (Phi) is 4.49. The molecule has 0 aromatic rings. The van der Waals surface area contributed by atoms with Gasteiger partial charge in [-0.05, 0) is 14.0 Å². The zero-order valence-corrected chi connectivity index (χ0v) is 6.14. The fourth-order valence-electron chi connectivity index (χ4n) is 0.407. The van der Waals surface area contributed by atoms with Gasteiger partial charge in [-0.25, -0.2) is 0 Å². The van der Waals surface area contributed by atoms with Gasteiger partial charge in [0.25, 0.3) is 0 Å². The van der Waals surface area contributed by atoms with Crippen molar-refractivity contribution in [2.24, 2.45) is 0 Å². The zero-order chi connectivity index (χ0) is 7.98. The van der Waals surface area contributed by atoms with Crippen LogP contribution in [0.15, 0.2) is 0 Å². The summed E-state index contributed by atoms with van der Waals surface area (Å²) < 4.78 is 4.53. The standard InChI is InChI=1S/C6H11NO3/c1-5(8)3-6(9)10-4-7-2/h7H,3-4H2,1-2H3. The molecule has 0 spiro atoms. The lowest BCUT2D eigenvalue weighted by molar-refractivity contribution is -0.146. The molecule has 0 fully saturated rings. The van der Waals surface area contributed by atoms with Gasteiger partial charge >= 0.3 is 5.97 Å². The highest BCUT2D eigenvalue weighted by Gasteiger charge is 2.04. The summed E-state index contributed by atoms with van der Waals surface area (Å²) in [5.41, 5.74) is 0. The summed E-state index contributed by atoms with van der Waals surface area (Å²) in [6.07, 6.45) is -0.137. The third kappa shape index (κ3) is 5.24. The lowest BCUT2D eigenvalue weighted by atomic mass is 10.3. The van der Waals surface area contributed by atoms with Crippen LogP contribution in [0, 0.1) is 0 Å². The van der Waals surface area contributed by atoms with Crippen LogP contribution in [0.3, 0.4) is 0 Å². The molecule has 0 saturated heterocycles. The van der Waals surface area contributed by atoms with Gasteiger partial charge in [-0.3, -0.25) is 14.9 Å². The first-order valence-corrected chi connectivity index (χ1v) is 2.96. The van der Waals surface area contributed by atoms with Crippen molar-refractivity contribution < 1.29 is 14.3 Å².